The largest absolute Gasteiger partial charge is 0.353 e. The Morgan fingerprint density at radius 1 is 1.20 bits per heavy atom. The minimum Gasteiger partial charge on any atom is -0.353 e. The highest BCUT2D eigenvalue weighted by atomic mass is 16.2. The van der Waals surface area contributed by atoms with Gasteiger partial charge in [0.15, 0.2) is 0 Å². The Balaban J connectivity index is 1.42. The standard InChI is InChI=1S/C24H31N5O/c1-24(2)9-6-18-21(14-24)27-28-22(18)20-12-15-4-5-16(13-19(15)26-20)23(30)29(3)17-7-10-25-11-8-17/h4-5,12-13,17,25-26H,6-11,14H2,1-3H3,(H,27,28). The maximum Gasteiger partial charge on any atom is 0.253 e. The van der Waals surface area contributed by atoms with E-state index in [0.717, 1.165) is 66.6 Å². The van der Waals surface area contributed by atoms with Crippen LogP contribution in [0.25, 0.3) is 22.3 Å². The minimum atomic E-state index is 0.0966. The molecule has 5 rings (SSSR count). The molecule has 30 heavy (non-hydrogen) atoms. The molecule has 0 bridgehead atoms. The number of nitrogens with one attached hydrogen (secondary N) is 3. The molecule has 3 N–H and O–H groups in total. The number of nitrogens with zero attached hydrogens (tertiary/aromatic N) is 2. The Morgan fingerprint density at radius 3 is 2.80 bits per heavy atom. The average Bonchev–Trinajstić information content (AvgIpc) is 3.35. The lowest BCUT2D eigenvalue weighted by molar-refractivity contribution is 0.0703. The van der Waals surface area contributed by atoms with E-state index in [4.69, 9.17) is 0 Å². The number of carbonyl (C=O) groups is 1. The van der Waals surface area contributed by atoms with Gasteiger partial charge in [-0.3, -0.25) is 9.89 Å². The summed E-state index contributed by atoms with van der Waals surface area (Å²) in [6.07, 6.45) is 5.29. The molecule has 1 aliphatic carbocycles. The molecule has 3 heterocycles. The first-order chi connectivity index (χ1) is 14.4. The van der Waals surface area contributed by atoms with Crippen LogP contribution in [0.1, 0.15) is 54.7 Å². The van der Waals surface area contributed by atoms with E-state index in [1.54, 1.807) is 0 Å². The van der Waals surface area contributed by atoms with Crippen molar-refractivity contribution in [2.45, 2.75) is 52.0 Å². The van der Waals surface area contributed by atoms with Gasteiger partial charge >= 0.3 is 0 Å². The molecule has 1 saturated heterocycles. The topological polar surface area (TPSA) is 76.8 Å². The summed E-state index contributed by atoms with van der Waals surface area (Å²) < 4.78 is 0. The van der Waals surface area contributed by atoms with E-state index in [1.165, 1.54) is 17.7 Å². The third-order valence-corrected chi connectivity index (χ3v) is 6.96. The van der Waals surface area contributed by atoms with Gasteiger partial charge in [0.05, 0.1) is 5.69 Å². The molecule has 6 nitrogen and oxygen atoms in total. The third kappa shape index (κ3) is 3.43. The molecule has 6 heteroatoms. The van der Waals surface area contributed by atoms with E-state index in [2.05, 4.69) is 40.4 Å². The Bertz CT molecular complexity index is 1090. The van der Waals surface area contributed by atoms with Crippen molar-refractivity contribution in [3.8, 4) is 11.4 Å². The third-order valence-electron chi connectivity index (χ3n) is 6.96. The van der Waals surface area contributed by atoms with Crippen LogP contribution >= 0.6 is 0 Å². The highest BCUT2D eigenvalue weighted by molar-refractivity contribution is 5.98. The molecule has 0 spiro atoms. The van der Waals surface area contributed by atoms with Crippen LogP contribution < -0.4 is 5.32 Å². The second-order valence-corrected chi connectivity index (χ2v) is 9.75. The van der Waals surface area contributed by atoms with Gasteiger partial charge in [-0.2, -0.15) is 5.10 Å². The first kappa shape index (κ1) is 19.4. The minimum absolute atomic E-state index is 0.0966. The maximum absolute atomic E-state index is 13.0. The molecule has 1 aliphatic heterocycles. The number of H-pyrrole nitrogens is 2. The van der Waals surface area contributed by atoms with Crippen LogP contribution in [0.15, 0.2) is 24.3 Å². The number of hydrogen-bond acceptors (Lipinski definition) is 3. The molecule has 0 radical (unpaired) electrons. The van der Waals surface area contributed by atoms with Gasteiger partial charge in [0.1, 0.15) is 5.69 Å². The molecular formula is C24H31N5O. The number of amides is 1. The lowest BCUT2D eigenvalue weighted by Crippen LogP contribution is -2.43. The highest BCUT2D eigenvalue weighted by Gasteiger charge is 2.29. The molecular weight excluding hydrogens is 374 g/mol. The van der Waals surface area contributed by atoms with Crippen LogP contribution in [-0.4, -0.2) is 52.2 Å². The summed E-state index contributed by atoms with van der Waals surface area (Å²) >= 11 is 0. The van der Waals surface area contributed by atoms with Gasteiger partial charge in [-0.25, -0.2) is 0 Å². The van der Waals surface area contributed by atoms with Crippen molar-refractivity contribution in [3.63, 3.8) is 0 Å². The van der Waals surface area contributed by atoms with Crippen LogP contribution in [-0.2, 0) is 12.8 Å². The quantitative estimate of drug-likeness (QED) is 0.619. The van der Waals surface area contributed by atoms with E-state index >= 15 is 0 Å². The monoisotopic (exact) mass is 405 g/mol. The number of carbonyl (C=O) groups excluding carboxylic acids is 1. The number of aromatic amines is 2. The molecule has 0 saturated carbocycles. The summed E-state index contributed by atoms with van der Waals surface area (Å²) in [5, 5.41) is 12.4. The molecule has 3 aromatic rings. The van der Waals surface area contributed by atoms with Crippen molar-refractivity contribution in [2.75, 3.05) is 20.1 Å². The fourth-order valence-electron chi connectivity index (χ4n) is 5.02. The second-order valence-electron chi connectivity index (χ2n) is 9.75. The molecule has 1 aromatic carbocycles. The van der Waals surface area contributed by atoms with Gasteiger partial charge in [-0.1, -0.05) is 19.9 Å². The Kier molecular flexibility index (Phi) is 4.69. The smallest absolute Gasteiger partial charge is 0.253 e. The predicted octanol–water partition coefficient (Wildman–Crippen LogP) is 3.90. The van der Waals surface area contributed by atoms with Crippen molar-refractivity contribution in [3.05, 3.63) is 41.1 Å². The van der Waals surface area contributed by atoms with Gasteiger partial charge in [0.2, 0.25) is 0 Å². The summed E-state index contributed by atoms with van der Waals surface area (Å²) in [6.45, 7) is 6.59. The Morgan fingerprint density at radius 2 is 2.00 bits per heavy atom. The van der Waals surface area contributed by atoms with Crippen molar-refractivity contribution < 1.29 is 4.79 Å². The summed E-state index contributed by atoms with van der Waals surface area (Å²) in [5.41, 5.74) is 6.70. The number of aromatic nitrogens is 3. The zero-order chi connectivity index (χ0) is 20.9. The molecule has 2 aliphatic rings. The van der Waals surface area contributed by atoms with Crippen LogP contribution in [0, 0.1) is 5.41 Å². The van der Waals surface area contributed by atoms with Crippen molar-refractivity contribution in [1.29, 1.82) is 0 Å². The molecule has 1 fully saturated rings. The van der Waals surface area contributed by atoms with Crippen molar-refractivity contribution >= 4 is 16.8 Å². The van der Waals surface area contributed by atoms with E-state index in [9.17, 15) is 4.79 Å². The SMILES string of the molecule is CN(C(=O)c1ccc2cc(-c3n[nH]c4c3CCC(C)(C)C4)[nH]c2c1)C1CCNCC1. The number of piperidine rings is 1. The van der Waals surface area contributed by atoms with E-state index in [0.29, 0.717) is 11.5 Å². The Labute approximate surface area is 177 Å². The van der Waals surface area contributed by atoms with Crippen LogP contribution in [0.2, 0.25) is 0 Å². The predicted molar refractivity (Wildman–Crippen MR) is 120 cm³/mol. The van der Waals surface area contributed by atoms with Gasteiger partial charge in [0.25, 0.3) is 5.91 Å². The summed E-state index contributed by atoms with van der Waals surface area (Å²) in [4.78, 5) is 18.5. The van der Waals surface area contributed by atoms with Gasteiger partial charge in [-0.05, 0) is 68.8 Å². The first-order valence-corrected chi connectivity index (χ1v) is 11.1. The summed E-state index contributed by atoms with van der Waals surface area (Å²) in [5.74, 6) is 0.0966. The number of fused-ring (bicyclic) bond motifs is 2. The average molecular weight is 406 g/mol. The van der Waals surface area contributed by atoms with E-state index in [1.807, 2.05) is 30.1 Å². The molecule has 158 valence electrons. The summed E-state index contributed by atoms with van der Waals surface area (Å²) in [6, 6.07) is 8.44. The molecule has 1 amide bonds. The number of hydrogen-bond donors (Lipinski definition) is 3. The second kappa shape index (κ2) is 7.27. The zero-order valence-corrected chi connectivity index (χ0v) is 18.1. The number of benzene rings is 1. The normalized spacial score (nSPS) is 19.0. The molecule has 0 atom stereocenters. The van der Waals surface area contributed by atoms with Crippen LogP contribution in [0.5, 0.6) is 0 Å². The van der Waals surface area contributed by atoms with Gasteiger partial charge < -0.3 is 15.2 Å². The van der Waals surface area contributed by atoms with E-state index < -0.39 is 0 Å². The fraction of sp³-hybridized carbons (Fsp3) is 0.500. The molecule has 0 unspecified atom stereocenters. The van der Waals surface area contributed by atoms with Crippen molar-refractivity contribution in [1.82, 2.24) is 25.4 Å². The van der Waals surface area contributed by atoms with Crippen molar-refractivity contribution in [2.24, 2.45) is 5.41 Å². The maximum atomic E-state index is 13.0. The lowest BCUT2D eigenvalue weighted by atomic mass is 9.76. The highest BCUT2D eigenvalue weighted by Crippen LogP contribution is 2.38. The Hall–Kier alpha value is -2.60. The lowest BCUT2D eigenvalue weighted by Gasteiger charge is -2.31. The number of rotatable bonds is 3. The van der Waals surface area contributed by atoms with E-state index in [-0.39, 0.29) is 5.91 Å². The molecule has 2 aromatic heterocycles. The summed E-state index contributed by atoms with van der Waals surface area (Å²) in [7, 11) is 1.93. The van der Waals surface area contributed by atoms with Gasteiger partial charge in [0, 0.05) is 40.8 Å². The van der Waals surface area contributed by atoms with Crippen LogP contribution in [0.3, 0.4) is 0 Å². The first-order valence-electron chi connectivity index (χ1n) is 11.1. The zero-order valence-electron chi connectivity index (χ0n) is 18.1. The van der Waals surface area contributed by atoms with Gasteiger partial charge in [-0.15, -0.1) is 0 Å². The fourth-order valence-corrected chi connectivity index (χ4v) is 5.02. The van der Waals surface area contributed by atoms with Crippen LogP contribution in [0.4, 0.5) is 0 Å².